The summed E-state index contributed by atoms with van der Waals surface area (Å²) in [4.78, 5) is 34.2. The van der Waals surface area contributed by atoms with Crippen LogP contribution in [0, 0.1) is 5.92 Å². The van der Waals surface area contributed by atoms with Crippen LogP contribution in [0.4, 0.5) is 4.79 Å². The second-order valence-electron chi connectivity index (χ2n) is 5.62. The first kappa shape index (κ1) is 20.8. The Morgan fingerprint density at radius 3 is 2.40 bits per heavy atom. The smallest absolute Gasteiger partial charge is 0.410 e. The van der Waals surface area contributed by atoms with Crippen LogP contribution in [0.25, 0.3) is 0 Å². The molecule has 138 valence electrons. The van der Waals surface area contributed by atoms with E-state index in [1.165, 1.54) is 0 Å². The first-order valence-electron chi connectivity index (χ1n) is 7.89. The summed E-state index contributed by atoms with van der Waals surface area (Å²) in [5.41, 5.74) is 0. The van der Waals surface area contributed by atoms with Crippen molar-refractivity contribution in [2.75, 3.05) is 13.3 Å². The van der Waals surface area contributed by atoms with Crippen LogP contribution in [0.1, 0.15) is 33.1 Å². The maximum atomic E-state index is 11.6. The molecule has 1 N–H and O–H groups in total. The Hall–Kier alpha value is -2.28. The van der Waals surface area contributed by atoms with Crippen molar-refractivity contribution in [3.05, 3.63) is 29.3 Å². The van der Waals surface area contributed by atoms with Gasteiger partial charge in [-0.2, -0.15) is 0 Å². The number of amides is 1. The van der Waals surface area contributed by atoms with E-state index >= 15 is 0 Å². The van der Waals surface area contributed by atoms with Gasteiger partial charge in [-0.05, 0) is 36.6 Å². The van der Waals surface area contributed by atoms with E-state index in [2.05, 4.69) is 10.1 Å². The fraction of sp³-hybridized carbons (Fsp3) is 0.471. The van der Waals surface area contributed by atoms with Gasteiger partial charge in [-0.3, -0.25) is 9.59 Å². The van der Waals surface area contributed by atoms with Gasteiger partial charge in [-0.25, -0.2) is 4.79 Å². The maximum absolute atomic E-state index is 11.6. The first-order chi connectivity index (χ1) is 11.9. The molecule has 1 rings (SSSR count). The van der Waals surface area contributed by atoms with E-state index in [1.54, 1.807) is 24.3 Å². The van der Waals surface area contributed by atoms with Crippen LogP contribution in [-0.4, -0.2) is 31.4 Å². The van der Waals surface area contributed by atoms with E-state index in [0.29, 0.717) is 17.2 Å². The topological polar surface area (TPSA) is 90.9 Å². The summed E-state index contributed by atoms with van der Waals surface area (Å²) in [7, 11) is 0. The Morgan fingerprint density at radius 2 is 1.76 bits per heavy atom. The van der Waals surface area contributed by atoms with Crippen LogP contribution in [0.15, 0.2) is 24.3 Å². The third kappa shape index (κ3) is 10.2. The van der Waals surface area contributed by atoms with Gasteiger partial charge in [0.2, 0.25) is 6.79 Å². The van der Waals surface area contributed by atoms with E-state index in [1.807, 2.05) is 13.8 Å². The lowest BCUT2D eigenvalue weighted by Gasteiger charge is -2.08. The number of hydrogen-bond donors (Lipinski definition) is 1. The van der Waals surface area contributed by atoms with Gasteiger partial charge in [-0.1, -0.05) is 25.4 Å². The van der Waals surface area contributed by atoms with E-state index in [-0.39, 0.29) is 25.3 Å². The number of benzene rings is 1. The average Bonchev–Trinajstić information content (AvgIpc) is 2.53. The number of alkyl carbamates (subject to hydrolysis) is 1. The molecule has 0 aliphatic rings. The van der Waals surface area contributed by atoms with Crippen LogP contribution < -0.4 is 10.1 Å². The molecular formula is C17H22ClNO6. The Kier molecular flexibility index (Phi) is 9.39. The minimum atomic E-state index is -0.719. The molecule has 1 aromatic carbocycles. The summed E-state index contributed by atoms with van der Waals surface area (Å²) < 4.78 is 14.5. The van der Waals surface area contributed by atoms with Gasteiger partial charge in [0.05, 0.1) is 0 Å². The van der Waals surface area contributed by atoms with Crippen LogP contribution in [0.2, 0.25) is 5.02 Å². The molecule has 25 heavy (non-hydrogen) atoms. The van der Waals surface area contributed by atoms with Gasteiger partial charge in [0.15, 0.2) is 0 Å². The number of ether oxygens (including phenoxy) is 3. The maximum Gasteiger partial charge on any atom is 0.410 e. The summed E-state index contributed by atoms with van der Waals surface area (Å²) >= 11 is 5.74. The standard InChI is InChI=1S/C17H22ClNO6/c1-12(2)10-16(21)23-11-24-17(22)19-9-3-4-15(20)25-14-7-5-13(18)6-8-14/h5-8,12H,3-4,9-11H2,1-2H3,(H,19,22). The van der Waals surface area contributed by atoms with Gasteiger partial charge < -0.3 is 19.5 Å². The highest BCUT2D eigenvalue weighted by atomic mass is 35.5. The molecule has 1 aromatic rings. The third-order valence-electron chi connectivity index (χ3n) is 2.86. The van der Waals surface area contributed by atoms with Crippen LogP contribution >= 0.6 is 11.6 Å². The number of hydrogen-bond acceptors (Lipinski definition) is 6. The molecule has 0 aliphatic carbocycles. The summed E-state index contributed by atoms with van der Waals surface area (Å²) in [5, 5.41) is 3.00. The second-order valence-corrected chi connectivity index (χ2v) is 6.06. The molecule has 0 fully saturated rings. The fourth-order valence-corrected chi connectivity index (χ4v) is 1.83. The molecule has 0 radical (unpaired) electrons. The number of halogens is 1. The SMILES string of the molecule is CC(C)CC(=O)OCOC(=O)NCCCC(=O)Oc1ccc(Cl)cc1. The zero-order valence-corrected chi connectivity index (χ0v) is 15.0. The number of nitrogens with one attached hydrogen (secondary N) is 1. The minimum absolute atomic E-state index is 0.131. The van der Waals surface area contributed by atoms with Crippen molar-refractivity contribution in [1.82, 2.24) is 5.32 Å². The lowest BCUT2D eigenvalue weighted by molar-refractivity contribution is -0.152. The molecule has 7 nitrogen and oxygen atoms in total. The predicted octanol–water partition coefficient (Wildman–Crippen LogP) is 3.30. The van der Waals surface area contributed by atoms with Crippen LogP contribution in [0.3, 0.4) is 0 Å². The van der Waals surface area contributed by atoms with E-state index in [4.69, 9.17) is 21.1 Å². The molecule has 0 saturated heterocycles. The summed E-state index contributed by atoms with van der Waals surface area (Å²) in [6, 6.07) is 6.43. The summed E-state index contributed by atoms with van der Waals surface area (Å²) in [6.07, 6.45) is 0.0604. The zero-order chi connectivity index (χ0) is 18.7. The van der Waals surface area contributed by atoms with Gasteiger partial charge in [0, 0.05) is 24.4 Å². The van der Waals surface area contributed by atoms with Crippen molar-refractivity contribution in [3.8, 4) is 5.75 Å². The Balaban J connectivity index is 2.08. The molecule has 8 heteroatoms. The molecule has 0 unspecified atom stereocenters. The third-order valence-corrected chi connectivity index (χ3v) is 3.11. The quantitative estimate of drug-likeness (QED) is 0.310. The number of carbonyl (C=O) groups excluding carboxylic acids is 3. The summed E-state index contributed by atoms with van der Waals surface area (Å²) in [5.74, 6) is -0.258. The number of carbonyl (C=O) groups is 3. The monoisotopic (exact) mass is 371 g/mol. The fourth-order valence-electron chi connectivity index (χ4n) is 1.70. The average molecular weight is 372 g/mol. The highest BCUT2D eigenvalue weighted by Crippen LogP contribution is 2.16. The molecule has 0 spiro atoms. The second kappa shape index (κ2) is 11.3. The molecule has 0 atom stereocenters. The van der Waals surface area contributed by atoms with Gasteiger partial charge in [0.1, 0.15) is 5.75 Å². The van der Waals surface area contributed by atoms with Crippen LogP contribution in [-0.2, 0) is 19.1 Å². The molecule has 0 heterocycles. The molecular weight excluding hydrogens is 350 g/mol. The van der Waals surface area contributed by atoms with E-state index in [9.17, 15) is 14.4 Å². The van der Waals surface area contributed by atoms with Crippen molar-refractivity contribution >= 4 is 29.6 Å². The van der Waals surface area contributed by atoms with Crippen molar-refractivity contribution in [2.24, 2.45) is 5.92 Å². The lowest BCUT2D eigenvalue weighted by Crippen LogP contribution is -2.27. The Labute approximate surface area is 151 Å². The van der Waals surface area contributed by atoms with Crippen LogP contribution in [0.5, 0.6) is 5.75 Å². The predicted molar refractivity (Wildman–Crippen MR) is 91.2 cm³/mol. The Morgan fingerprint density at radius 1 is 1.08 bits per heavy atom. The number of rotatable bonds is 9. The minimum Gasteiger partial charge on any atom is -0.428 e. The normalized spacial score (nSPS) is 10.2. The highest BCUT2D eigenvalue weighted by Gasteiger charge is 2.09. The number of esters is 2. The lowest BCUT2D eigenvalue weighted by atomic mass is 10.1. The molecule has 0 aromatic heterocycles. The highest BCUT2D eigenvalue weighted by molar-refractivity contribution is 6.30. The van der Waals surface area contributed by atoms with E-state index < -0.39 is 24.8 Å². The molecule has 1 amide bonds. The van der Waals surface area contributed by atoms with Gasteiger partial charge in [-0.15, -0.1) is 0 Å². The molecule has 0 bridgehead atoms. The Bertz CT molecular complexity index is 573. The first-order valence-corrected chi connectivity index (χ1v) is 8.27. The van der Waals surface area contributed by atoms with Crippen molar-refractivity contribution < 1.29 is 28.6 Å². The molecule has 0 saturated carbocycles. The van der Waals surface area contributed by atoms with Gasteiger partial charge >= 0.3 is 18.0 Å². The zero-order valence-electron chi connectivity index (χ0n) is 14.2. The van der Waals surface area contributed by atoms with Crippen molar-refractivity contribution in [1.29, 1.82) is 0 Å². The summed E-state index contributed by atoms with van der Waals surface area (Å²) in [6.45, 7) is 3.56. The van der Waals surface area contributed by atoms with E-state index in [0.717, 1.165) is 0 Å². The van der Waals surface area contributed by atoms with Crippen molar-refractivity contribution in [2.45, 2.75) is 33.1 Å². The molecule has 0 aliphatic heterocycles. The van der Waals surface area contributed by atoms with Gasteiger partial charge in [0.25, 0.3) is 0 Å². The van der Waals surface area contributed by atoms with Crippen molar-refractivity contribution in [3.63, 3.8) is 0 Å². The largest absolute Gasteiger partial charge is 0.428 e.